The Balaban J connectivity index is 1.46. The molecule has 1 aromatic heterocycles. The SMILES string of the molecule is O=C(c1cc(F)cc(F)c1)N1CCCC(c2nc(Oc3ccccc3)no2)C1. The van der Waals surface area contributed by atoms with Crippen LogP contribution in [-0.4, -0.2) is 34.0 Å². The number of carbonyl (C=O) groups is 1. The van der Waals surface area contributed by atoms with Gasteiger partial charge in [-0.1, -0.05) is 18.2 Å². The second kappa shape index (κ2) is 7.75. The molecule has 3 aromatic rings. The fraction of sp³-hybridized carbons (Fsp3) is 0.250. The number of benzene rings is 2. The summed E-state index contributed by atoms with van der Waals surface area (Å²) in [6.45, 7) is 0.818. The highest BCUT2D eigenvalue weighted by molar-refractivity contribution is 5.94. The first kappa shape index (κ1) is 18.1. The van der Waals surface area contributed by atoms with Gasteiger partial charge in [0.05, 0.1) is 5.92 Å². The number of carbonyl (C=O) groups excluding carboxylic acids is 1. The molecule has 0 bridgehead atoms. The number of para-hydroxylation sites is 1. The molecule has 28 heavy (non-hydrogen) atoms. The molecule has 1 amide bonds. The third kappa shape index (κ3) is 4.00. The predicted molar refractivity (Wildman–Crippen MR) is 95.1 cm³/mol. The van der Waals surface area contributed by atoms with E-state index >= 15 is 0 Å². The van der Waals surface area contributed by atoms with Crippen LogP contribution < -0.4 is 4.74 Å². The molecule has 1 saturated heterocycles. The van der Waals surface area contributed by atoms with Crippen molar-refractivity contribution in [3.05, 3.63) is 71.6 Å². The summed E-state index contributed by atoms with van der Waals surface area (Å²) in [5.74, 6) is -1.20. The molecule has 0 aliphatic carbocycles. The number of amides is 1. The lowest BCUT2D eigenvalue weighted by Gasteiger charge is -2.31. The van der Waals surface area contributed by atoms with E-state index in [4.69, 9.17) is 9.26 Å². The van der Waals surface area contributed by atoms with Gasteiger partial charge in [0.2, 0.25) is 5.89 Å². The van der Waals surface area contributed by atoms with E-state index in [2.05, 4.69) is 10.1 Å². The smallest absolute Gasteiger partial charge is 0.359 e. The third-order valence-electron chi connectivity index (χ3n) is 4.54. The van der Waals surface area contributed by atoms with Crippen LogP contribution in [0.3, 0.4) is 0 Å². The molecule has 0 saturated carbocycles. The summed E-state index contributed by atoms with van der Waals surface area (Å²) < 4.78 is 37.7. The Morgan fingerprint density at radius 2 is 1.89 bits per heavy atom. The topological polar surface area (TPSA) is 68.5 Å². The average molecular weight is 385 g/mol. The quantitative estimate of drug-likeness (QED) is 0.675. The number of piperidine rings is 1. The molecule has 0 radical (unpaired) electrons. The van der Waals surface area contributed by atoms with Gasteiger partial charge in [0.25, 0.3) is 5.91 Å². The van der Waals surface area contributed by atoms with Crippen LogP contribution in [0.25, 0.3) is 0 Å². The molecule has 1 atom stereocenters. The van der Waals surface area contributed by atoms with E-state index in [0.717, 1.165) is 24.6 Å². The first-order valence-corrected chi connectivity index (χ1v) is 8.90. The van der Waals surface area contributed by atoms with Crippen LogP contribution in [-0.2, 0) is 0 Å². The number of ether oxygens (including phenoxy) is 1. The van der Waals surface area contributed by atoms with E-state index < -0.39 is 17.5 Å². The highest BCUT2D eigenvalue weighted by Crippen LogP contribution is 2.29. The van der Waals surface area contributed by atoms with Crippen molar-refractivity contribution in [3.8, 4) is 11.8 Å². The van der Waals surface area contributed by atoms with Crippen molar-refractivity contribution >= 4 is 5.91 Å². The fourth-order valence-corrected chi connectivity index (χ4v) is 3.25. The van der Waals surface area contributed by atoms with Crippen molar-refractivity contribution in [1.29, 1.82) is 0 Å². The van der Waals surface area contributed by atoms with Gasteiger partial charge in [-0.25, -0.2) is 8.78 Å². The number of hydrogen-bond acceptors (Lipinski definition) is 5. The molecule has 144 valence electrons. The maximum absolute atomic E-state index is 13.4. The second-order valence-corrected chi connectivity index (χ2v) is 6.58. The second-order valence-electron chi connectivity index (χ2n) is 6.58. The lowest BCUT2D eigenvalue weighted by atomic mass is 9.97. The van der Waals surface area contributed by atoms with Crippen LogP contribution >= 0.6 is 0 Å². The summed E-state index contributed by atoms with van der Waals surface area (Å²) >= 11 is 0. The molecule has 4 rings (SSSR count). The summed E-state index contributed by atoms with van der Waals surface area (Å²) in [7, 11) is 0. The monoisotopic (exact) mass is 385 g/mol. The van der Waals surface area contributed by atoms with Crippen LogP contribution in [0.2, 0.25) is 0 Å². The number of nitrogens with zero attached hydrogens (tertiary/aromatic N) is 3. The van der Waals surface area contributed by atoms with Gasteiger partial charge in [0, 0.05) is 24.7 Å². The predicted octanol–water partition coefficient (Wildman–Crippen LogP) is 4.16. The zero-order chi connectivity index (χ0) is 19.5. The highest BCUT2D eigenvalue weighted by atomic mass is 19.1. The van der Waals surface area contributed by atoms with Crippen molar-refractivity contribution in [2.75, 3.05) is 13.1 Å². The van der Waals surface area contributed by atoms with E-state index in [1.807, 2.05) is 18.2 Å². The van der Waals surface area contributed by atoms with E-state index in [1.165, 1.54) is 0 Å². The maximum Gasteiger partial charge on any atom is 0.359 e. The Bertz CT molecular complexity index is 958. The third-order valence-corrected chi connectivity index (χ3v) is 4.54. The Hall–Kier alpha value is -3.29. The molecule has 1 unspecified atom stereocenters. The van der Waals surface area contributed by atoms with Gasteiger partial charge >= 0.3 is 6.01 Å². The van der Waals surface area contributed by atoms with Crippen molar-refractivity contribution in [1.82, 2.24) is 15.0 Å². The zero-order valence-electron chi connectivity index (χ0n) is 14.8. The van der Waals surface area contributed by atoms with Crippen LogP contribution in [0.4, 0.5) is 8.78 Å². The Labute approximate surface area is 159 Å². The van der Waals surface area contributed by atoms with Gasteiger partial charge in [-0.15, -0.1) is 0 Å². The molecular weight excluding hydrogens is 368 g/mol. The highest BCUT2D eigenvalue weighted by Gasteiger charge is 2.29. The van der Waals surface area contributed by atoms with Gasteiger partial charge in [-0.3, -0.25) is 4.79 Å². The molecule has 8 heteroatoms. The van der Waals surface area contributed by atoms with Gasteiger partial charge in [0.15, 0.2) is 0 Å². The number of halogens is 2. The number of aromatic nitrogens is 2. The summed E-state index contributed by atoms with van der Waals surface area (Å²) in [6, 6.07) is 12.0. The normalized spacial score (nSPS) is 16.8. The lowest BCUT2D eigenvalue weighted by molar-refractivity contribution is 0.0694. The Kier molecular flexibility index (Phi) is 5.01. The molecule has 0 N–H and O–H groups in total. The van der Waals surface area contributed by atoms with Gasteiger partial charge < -0.3 is 14.2 Å². The average Bonchev–Trinajstić information content (AvgIpc) is 3.16. The zero-order valence-corrected chi connectivity index (χ0v) is 14.8. The van der Waals surface area contributed by atoms with Crippen LogP contribution in [0.5, 0.6) is 11.8 Å². The maximum atomic E-state index is 13.4. The summed E-state index contributed by atoms with van der Waals surface area (Å²) in [6.07, 6.45) is 1.47. The van der Waals surface area contributed by atoms with E-state index in [9.17, 15) is 13.6 Å². The van der Waals surface area contributed by atoms with E-state index in [1.54, 1.807) is 17.0 Å². The standard InChI is InChI=1S/C20H17F2N3O3/c21-15-9-14(10-16(22)11-15)19(26)25-8-4-5-13(12-25)18-23-20(24-28-18)27-17-6-2-1-3-7-17/h1-3,6-7,9-11,13H,4-5,8,12H2. The van der Waals surface area contributed by atoms with Gasteiger partial charge in [-0.05, 0) is 42.3 Å². The van der Waals surface area contributed by atoms with Crippen molar-refractivity contribution in [2.24, 2.45) is 0 Å². The van der Waals surface area contributed by atoms with Gasteiger partial charge in [-0.2, -0.15) is 4.98 Å². The van der Waals surface area contributed by atoms with Gasteiger partial charge in [0.1, 0.15) is 17.4 Å². The summed E-state index contributed by atoms with van der Waals surface area (Å²) in [5.41, 5.74) is -0.0169. The minimum Gasteiger partial charge on any atom is -0.422 e. The van der Waals surface area contributed by atoms with Crippen LogP contribution in [0, 0.1) is 11.6 Å². The first-order chi connectivity index (χ1) is 13.6. The van der Waals surface area contributed by atoms with Crippen molar-refractivity contribution in [2.45, 2.75) is 18.8 Å². The number of rotatable bonds is 4. The molecule has 1 aliphatic heterocycles. The molecule has 1 aliphatic rings. The van der Waals surface area contributed by atoms with Crippen LogP contribution in [0.1, 0.15) is 35.0 Å². The summed E-state index contributed by atoms with van der Waals surface area (Å²) in [5, 5.41) is 3.83. The largest absolute Gasteiger partial charge is 0.422 e. The van der Waals surface area contributed by atoms with E-state index in [0.29, 0.717) is 31.2 Å². The molecule has 2 heterocycles. The van der Waals surface area contributed by atoms with E-state index in [-0.39, 0.29) is 17.5 Å². The lowest BCUT2D eigenvalue weighted by Crippen LogP contribution is -2.39. The molecular formula is C20H17F2N3O3. The van der Waals surface area contributed by atoms with Crippen molar-refractivity contribution in [3.63, 3.8) is 0 Å². The van der Waals surface area contributed by atoms with Crippen LogP contribution in [0.15, 0.2) is 53.1 Å². The first-order valence-electron chi connectivity index (χ1n) is 8.90. The number of likely N-dealkylation sites (tertiary alicyclic amines) is 1. The number of hydrogen-bond donors (Lipinski definition) is 0. The minimum absolute atomic E-state index is 0.0169. The minimum atomic E-state index is -0.781. The molecule has 0 spiro atoms. The molecule has 1 fully saturated rings. The Morgan fingerprint density at radius 3 is 2.64 bits per heavy atom. The molecule has 2 aromatic carbocycles. The fourth-order valence-electron chi connectivity index (χ4n) is 3.25. The molecule has 6 nitrogen and oxygen atoms in total. The Morgan fingerprint density at radius 1 is 1.14 bits per heavy atom. The van der Waals surface area contributed by atoms with Crippen molar-refractivity contribution < 1.29 is 22.8 Å². The summed E-state index contributed by atoms with van der Waals surface area (Å²) in [4.78, 5) is 18.4.